The summed E-state index contributed by atoms with van der Waals surface area (Å²) < 4.78 is 35.9. The zero-order valence-electron chi connectivity index (χ0n) is 11.0. The maximum atomic E-state index is 12.0. The van der Waals surface area contributed by atoms with E-state index in [0.29, 0.717) is 17.8 Å². The lowest BCUT2D eigenvalue weighted by Crippen LogP contribution is -2.27. The van der Waals surface area contributed by atoms with Gasteiger partial charge in [-0.2, -0.15) is 13.2 Å². The molecule has 1 aromatic carbocycles. The van der Waals surface area contributed by atoms with Crippen LogP contribution in [0.2, 0.25) is 0 Å². The number of alkyl halides is 3. The lowest BCUT2D eigenvalue weighted by molar-refractivity contribution is -0.123. The molecule has 106 valence electrons. The van der Waals surface area contributed by atoms with Crippen LogP contribution in [0.3, 0.4) is 0 Å². The van der Waals surface area contributed by atoms with Gasteiger partial charge < -0.3 is 11.1 Å². The first-order chi connectivity index (χ1) is 8.78. The van der Waals surface area contributed by atoms with Crippen molar-refractivity contribution >= 4 is 5.69 Å². The Hall–Kier alpha value is -1.65. The predicted octanol–water partition coefficient (Wildman–Crippen LogP) is 3.57. The molecule has 2 nitrogen and oxygen atoms in total. The Balaban J connectivity index is 2.34. The van der Waals surface area contributed by atoms with Crippen LogP contribution in [0.5, 0.6) is 0 Å². The summed E-state index contributed by atoms with van der Waals surface area (Å²) in [5, 5.41) is 2.29. The second kappa shape index (κ2) is 6.50. The SMILES string of the molecule is C=C(CCCc1cc(N)ccc1C)NCC(F)(F)F. The topological polar surface area (TPSA) is 38.0 Å². The van der Waals surface area contributed by atoms with Crippen LogP contribution in [0.25, 0.3) is 0 Å². The minimum Gasteiger partial charge on any atom is -0.399 e. The maximum absolute atomic E-state index is 12.0. The van der Waals surface area contributed by atoms with Gasteiger partial charge in [-0.3, -0.25) is 0 Å². The van der Waals surface area contributed by atoms with Crippen LogP contribution in [0.4, 0.5) is 18.9 Å². The molecule has 1 aromatic rings. The summed E-state index contributed by atoms with van der Waals surface area (Å²) in [6.07, 6.45) is -2.16. The van der Waals surface area contributed by atoms with Gasteiger partial charge >= 0.3 is 6.18 Å². The Labute approximate surface area is 111 Å². The van der Waals surface area contributed by atoms with Crippen molar-refractivity contribution in [2.24, 2.45) is 0 Å². The molecule has 19 heavy (non-hydrogen) atoms. The van der Waals surface area contributed by atoms with Gasteiger partial charge in [-0.1, -0.05) is 12.6 Å². The molecule has 0 aromatic heterocycles. The van der Waals surface area contributed by atoms with E-state index >= 15 is 0 Å². The van der Waals surface area contributed by atoms with Crippen LogP contribution in [-0.2, 0) is 6.42 Å². The quantitative estimate of drug-likeness (QED) is 0.777. The van der Waals surface area contributed by atoms with Gasteiger partial charge in [0, 0.05) is 11.4 Å². The number of benzene rings is 1. The first kappa shape index (κ1) is 15.4. The molecule has 5 heteroatoms. The fraction of sp³-hybridized carbons (Fsp3) is 0.429. The molecule has 0 spiro atoms. The van der Waals surface area contributed by atoms with Gasteiger partial charge in [-0.15, -0.1) is 0 Å². The Morgan fingerprint density at radius 1 is 1.37 bits per heavy atom. The van der Waals surface area contributed by atoms with Crippen LogP contribution >= 0.6 is 0 Å². The van der Waals surface area contributed by atoms with E-state index < -0.39 is 12.7 Å². The molecule has 0 amide bonds. The fourth-order valence-electron chi connectivity index (χ4n) is 1.77. The van der Waals surface area contributed by atoms with Gasteiger partial charge in [0.15, 0.2) is 0 Å². The number of nitrogens with one attached hydrogen (secondary N) is 1. The lowest BCUT2D eigenvalue weighted by atomic mass is 10.0. The zero-order valence-corrected chi connectivity index (χ0v) is 11.0. The summed E-state index contributed by atoms with van der Waals surface area (Å²) in [5.41, 5.74) is 9.09. The highest BCUT2D eigenvalue weighted by Crippen LogP contribution is 2.17. The van der Waals surface area contributed by atoms with Crippen LogP contribution in [0.15, 0.2) is 30.5 Å². The average molecular weight is 272 g/mol. The third kappa shape index (κ3) is 6.18. The van der Waals surface area contributed by atoms with Gasteiger partial charge in [0.25, 0.3) is 0 Å². The largest absolute Gasteiger partial charge is 0.405 e. The molecule has 0 atom stereocenters. The molecule has 0 saturated carbocycles. The molecule has 0 heterocycles. The number of hydrogen-bond donors (Lipinski definition) is 2. The van der Waals surface area contributed by atoms with Crippen LogP contribution in [0.1, 0.15) is 24.0 Å². The summed E-state index contributed by atoms with van der Waals surface area (Å²) >= 11 is 0. The number of allylic oxidation sites excluding steroid dienone is 1. The minimum atomic E-state index is -4.20. The smallest absolute Gasteiger partial charge is 0.399 e. The van der Waals surface area contributed by atoms with Crippen LogP contribution in [0, 0.1) is 6.92 Å². The van der Waals surface area contributed by atoms with Crippen molar-refractivity contribution < 1.29 is 13.2 Å². The molecule has 0 unspecified atom stereocenters. The zero-order chi connectivity index (χ0) is 14.5. The highest BCUT2D eigenvalue weighted by Gasteiger charge is 2.26. The summed E-state index contributed by atoms with van der Waals surface area (Å²) in [7, 11) is 0. The molecule has 1 rings (SSSR count). The van der Waals surface area contributed by atoms with Crippen molar-refractivity contribution in [2.45, 2.75) is 32.4 Å². The Morgan fingerprint density at radius 2 is 2.05 bits per heavy atom. The van der Waals surface area contributed by atoms with Crippen molar-refractivity contribution in [1.29, 1.82) is 0 Å². The van der Waals surface area contributed by atoms with Crippen molar-refractivity contribution in [3.63, 3.8) is 0 Å². The minimum absolute atomic E-state index is 0.416. The van der Waals surface area contributed by atoms with Crippen molar-refractivity contribution in [3.05, 3.63) is 41.6 Å². The van der Waals surface area contributed by atoms with Gasteiger partial charge in [0.05, 0.1) is 0 Å². The highest BCUT2D eigenvalue weighted by molar-refractivity contribution is 5.44. The van der Waals surface area contributed by atoms with E-state index in [2.05, 4.69) is 11.9 Å². The third-order valence-corrected chi connectivity index (χ3v) is 2.84. The van der Waals surface area contributed by atoms with Gasteiger partial charge in [-0.25, -0.2) is 0 Å². The Morgan fingerprint density at radius 3 is 2.68 bits per heavy atom. The monoisotopic (exact) mass is 272 g/mol. The Bertz CT molecular complexity index is 439. The number of anilines is 1. The van der Waals surface area contributed by atoms with E-state index in [0.717, 1.165) is 24.0 Å². The summed E-state index contributed by atoms with van der Waals surface area (Å²) in [6, 6.07) is 5.69. The number of halogens is 3. The van der Waals surface area contributed by atoms with Crippen LogP contribution in [-0.4, -0.2) is 12.7 Å². The number of hydrogen-bond acceptors (Lipinski definition) is 2. The fourth-order valence-corrected chi connectivity index (χ4v) is 1.77. The van der Waals surface area contributed by atoms with E-state index in [1.165, 1.54) is 0 Å². The standard InChI is InChI=1S/C14H19F3N2/c1-10-6-7-13(18)8-12(10)5-3-4-11(2)19-9-14(15,16)17/h6-8,19H,2-5,9,18H2,1H3. The maximum Gasteiger partial charge on any atom is 0.405 e. The second-order valence-corrected chi connectivity index (χ2v) is 4.61. The second-order valence-electron chi connectivity index (χ2n) is 4.61. The first-order valence-electron chi connectivity index (χ1n) is 6.11. The molecular weight excluding hydrogens is 253 g/mol. The number of aryl methyl sites for hydroxylation is 2. The normalized spacial score (nSPS) is 11.4. The molecule has 0 fully saturated rings. The van der Waals surface area contributed by atoms with Gasteiger partial charge in [0.2, 0.25) is 0 Å². The van der Waals surface area contributed by atoms with E-state index in [4.69, 9.17) is 5.73 Å². The molecule has 0 radical (unpaired) electrons. The van der Waals surface area contributed by atoms with E-state index in [9.17, 15) is 13.2 Å². The van der Waals surface area contributed by atoms with Crippen LogP contribution < -0.4 is 11.1 Å². The number of nitrogens with two attached hydrogens (primary N) is 1. The summed E-state index contributed by atoms with van der Waals surface area (Å²) in [5.74, 6) is 0. The lowest BCUT2D eigenvalue weighted by Gasteiger charge is -2.12. The molecule has 0 aliphatic heterocycles. The molecule has 3 N–H and O–H groups in total. The Kier molecular flexibility index (Phi) is 5.27. The molecule has 0 aliphatic rings. The molecular formula is C14H19F3N2. The van der Waals surface area contributed by atoms with E-state index in [1.807, 2.05) is 25.1 Å². The van der Waals surface area contributed by atoms with Gasteiger partial charge in [0.1, 0.15) is 6.54 Å². The van der Waals surface area contributed by atoms with Crippen molar-refractivity contribution in [1.82, 2.24) is 5.32 Å². The molecule has 0 bridgehead atoms. The number of rotatable bonds is 6. The van der Waals surface area contributed by atoms with Crippen molar-refractivity contribution in [2.75, 3.05) is 12.3 Å². The van der Waals surface area contributed by atoms with E-state index in [-0.39, 0.29) is 0 Å². The predicted molar refractivity (Wildman–Crippen MR) is 71.7 cm³/mol. The van der Waals surface area contributed by atoms with Gasteiger partial charge in [-0.05, 0) is 49.4 Å². The molecule has 0 aliphatic carbocycles. The summed E-state index contributed by atoms with van der Waals surface area (Å²) in [6.45, 7) is 4.56. The highest BCUT2D eigenvalue weighted by atomic mass is 19.4. The van der Waals surface area contributed by atoms with E-state index in [1.54, 1.807) is 0 Å². The van der Waals surface area contributed by atoms with Crippen molar-refractivity contribution in [3.8, 4) is 0 Å². The third-order valence-electron chi connectivity index (χ3n) is 2.84. The number of nitrogen functional groups attached to an aromatic ring is 1. The summed E-state index contributed by atoms with van der Waals surface area (Å²) in [4.78, 5) is 0. The molecule has 0 saturated heterocycles. The first-order valence-corrected chi connectivity index (χ1v) is 6.11. The average Bonchev–Trinajstić information content (AvgIpc) is 2.30.